The Bertz CT molecular complexity index is 796. The van der Waals surface area contributed by atoms with E-state index in [0.29, 0.717) is 23.6 Å². The van der Waals surface area contributed by atoms with Gasteiger partial charge in [-0.3, -0.25) is 14.5 Å². The Hall–Kier alpha value is -3.16. The molecule has 1 saturated heterocycles. The second kappa shape index (κ2) is 6.76. The van der Waals surface area contributed by atoms with Crippen LogP contribution in [0.4, 0.5) is 4.79 Å². The molecule has 0 atom stereocenters. The SMILES string of the molecule is Cc1cc(CN(C)C(=O)c2ccc(CN3C(=O)CNC3=O)cc2)no1. The first kappa shape index (κ1) is 16.7. The standard InChI is InChI=1S/C17H18N4O4/c1-11-7-14(19-25-11)10-20(2)16(23)13-5-3-12(4-6-13)9-21-15(22)8-18-17(21)24/h3-7H,8-10H2,1-2H3,(H,18,24). The molecular weight excluding hydrogens is 324 g/mol. The van der Waals surface area contributed by atoms with Crippen LogP contribution in [0.5, 0.6) is 0 Å². The molecule has 130 valence electrons. The molecule has 2 heterocycles. The van der Waals surface area contributed by atoms with Gasteiger partial charge in [0.05, 0.1) is 19.6 Å². The average molecular weight is 342 g/mol. The molecule has 1 aromatic heterocycles. The number of nitrogens with one attached hydrogen (secondary N) is 1. The zero-order chi connectivity index (χ0) is 18.0. The largest absolute Gasteiger partial charge is 0.361 e. The van der Waals surface area contributed by atoms with Gasteiger partial charge in [-0.1, -0.05) is 17.3 Å². The second-order valence-corrected chi connectivity index (χ2v) is 5.93. The van der Waals surface area contributed by atoms with Crippen LogP contribution in [0, 0.1) is 6.92 Å². The van der Waals surface area contributed by atoms with Crippen molar-refractivity contribution in [2.24, 2.45) is 0 Å². The number of carbonyl (C=O) groups is 3. The number of nitrogens with zero attached hydrogens (tertiary/aromatic N) is 3. The highest BCUT2D eigenvalue weighted by Crippen LogP contribution is 2.13. The zero-order valence-corrected chi connectivity index (χ0v) is 14.0. The Morgan fingerprint density at radius 2 is 2.04 bits per heavy atom. The fraction of sp³-hybridized carbons (Fsp3) is 0.294. The molecule has 0 aliphatic carbocycles. The molecule has 0 unspecified atom stereocenters. The number of hydrogen-bond acceptors (Lipinski definition) is 5. The molecule has 2 aromatic rings. The van der Waals surface area contributed by atoms with Crippen LogP contribution in [0.1, 0.15) is 27.4 Å². The molecule has 1 aromatic carbocycles. The number of benzene rings is 1. The summed E-state index contributed by atoms with van der Waals surface area (Å²) in [6.45, 7) is 2.36. The lowest BCUT2D eigenvalue weighted by molar-refractivity contribution is -0.125. The quantitative estimate of drug-likeness (QED) is 0.827. The van der Waals surface area contributed by atoms with Crippen molar-refractivity contribution < 1.29 is 18.9 Å². The van der Waals surface area contributed by atoms with Gasteiger partial charge in [0.25, 0.3) is 5.91 Å². The summed E-state index contributed by atoms with van der Waals surface area (Å²) < 4.78 is 4.99. The third-order valence-corrected chi connectivity index (χ3v) is 3.90. The molecule has 4 amide bonds. The van der Waals surface area contributed by atoms with Crippen LogP contribution in [-0.2, 0) is 17.9 Å². The van der Waals surface area contributed by atoms with Crippen molar-refractivity contribution in [2.45, 2.75) is 20.0 Å². The van der Waals surface area contributed by atoms with E-state index >= 15 is 0 Å². The first-order chi connectivity index (χ1) is 11.9. The van der Waals surface area contributed by atoms with Crippen molar-refractivity contribution in [1.82, 2.24) is 20.3 Å². The first-order valence-electron chi connectivity index (χ1n) is 7.79. The zero-order valence-electron chi connectivity index (χ0n) is 14.0. The normalized spacial score (nSPS) is 13.9. The van der Waals surface area contributed by atoms with E-state index in [1.54, 1.807) is 49.2 Å². The van der Waals surface area contributed by atoms with Crippen LogP contribution in [0.15, 0.2) is 34.9 Å². The van der Waals surface area contributed by atoms with Crippen LogP contribution in [0.2, 0.25) is 0 Å². The van der Waals surface area contributed by atoms with E-state index in [1.807, 2.05) is 0 Å². The van der Waals surface area contributed by atoms with Crippen molar-refractivity contribution in [3.05, 3.63) is 52.9 Å². The number of imide groups is 1. The first-order valence-corrected chi connectivity index (χ1v) is 7.79. The van der Waals surface area contributed by atoms with Crippen molar-refractivity contribution >= 4 is 17.8 Å². The molecule has 8 heteroatoms. The molecular formula is C17H18N4O4. The number of hydrogen-bond donors (Lipinski definition) is 1. The lowest BCUT2D eigenvalue weighted by Gasteiger charge is -2.16. The van der Waals surface area contributed by atoms with Gasteiger partial charge < -0.3 is 14.7 Å². The summed E-state index contributed by atoms with van der Waals surface area (Å²) in [5.74, 6) is 0.288. The van der Waals surface area contributed by atoms with E-state index in [2.05, 4.69) is 10.5 Å². The maximum atomic E-state index is 12.5. The number of aryl methyl sites for hydroxylation is 1. The summed E-state index contributed by atoms with van der Waals surface area (Å²) in [5.41, 5.74) is 1.98. The molecule has 8 nitrogen and oxygen atoms in total. The van der Waals surface area contributed by atoms with Gasteiger partial charge in [-0.25, -0.2) is 4.79 Å². The second-order valence-electron chi connectivity index (χ2n) is 5.93. The highest BCUT2D eigenvalue weighted by molar-refractivity contribution is 6.01. The van der Waals surface area contributed by atoms with Gasteiger partial charge in [0, 0.05) is 18.7 Å². The summed E-state index contributed by atoms with van der Waals surface area (Å²) in [5, 5.41) is 6.35. The lowest BCUT2D eigenvalue weighted by atomic mass is 10.1. The molecule has 0 saturated carbocycles. The minimum atomic E-state index is -0.396. The highest BCUT2D eigenvalue weighted by atomic mass is 16.5. The minimum Gasteiger partial charge on any atom is -0.361 e. The van der Waals surface area contributed by atoms with E-state index in [-0.39, 0.29) is 24.9 Å². The summed E-state index contributed by atoms with van der Waals surface area (Å²) in [6.07, 6.45) is 0. The van der Waals surface area contributed by atoms with E-state index < -0.39 is 6.03 Å². The van der Waals surface area contributed by atoms with Gasteiger partial charge in [0.15, 0.2) is 0 Å². The van der Waals surface area contributed by atoms with Crippen molar-refractivity contribution in [2.75, 3.05) is 13.6 Å². The van der Waals surface area contributed by atoms with Crippen molar-refractivity contribution in [3.63, 3.8) is 0 Å². The van der Waals surface area contributed by atoms with Crippen LogP contribution >= 0.6 is 0 Å². The summed E-state index contributed by atoms with van der Waals surface area (Å²) in [7, 11) is 1.69. The predicted octanol–water partition coefficient (Wildman–Crippen LogP) is 1.31. The lowest BCUT2D eigenvalue weighted by Crippen LogP contribution is -2.30. The summed E-state index contributed by atoms with van der Waals surface area (Å²) in [4.78, 5) is 38.3. The Kier molecular flexibility index (Phi) is 4.51. The van der Waals surface area contributed by atoms with Gasteiger partial charge >= 0.3 is 6.03 Å². The number of aromatic nitrogens is 1. The molecule has 0 spiro atoms. The molecule has 1 fully saturated rings. The molecule has 1 aliphatic rings. The fourth-order valence-electron chi connectivity index (χ4n) is 2.58. The number of carbonyl (C=O) groups excluding carboxylic acids is 3. The topological polar surface area (TPSA) is 95.8 Å². The fourth-order valence-corrected chi connectivity index (χ4v) is 2.58. The van der Waals surface area contributed by atoms with E-state index in [1.165, 1.54) is 0 Å². The van der Waals surface area contributed by atoms with Gasteiger partial charge in [-0.15, -0.1) is 0 Å². The number of amides is 4. The van der Waals surface area contributed by atoms with E-state index in [4.69, 9.17) is 4.52 Å². The maximum absolute atomic E-state index is 12.5. The van der Waals surface area contributed by atoms with Gasteiger partial charge in [0.1, 0.15) is 11.5 Å². The average Bonchev–Trinajstić information content (AvgIpc) is 3.14. The van der Waals surface area contributed by atoms with Crippen LogP contribution < -0.4 is 5.32 Å². The number of rotatable bonds is 5. The van der Waals surface area contributed by atoms with Crippen LogP contribution in [0.3, 0.4) is 0 Å². The Morgan fingerprint density at radius 1 is 1.32 bits per heavy atom. The Labute approximate surface area is 144 Å². The van der Waals surface area contributed by atoms with E-state index in [9.17, 15) is 14.4 Å². The van der Waals surface area contributed by atoms with Crippen LogP contribution in [-0.4, -0.2) is 46.4 Å². The predicted molar refractivity (Wildman–Crippen MR) is 87.4 cm³/mol. The molecule has 0 radical (unpaired) electrons. The third kappa shape index (κ3) is 3.68. The summed E-state index contributed by atoms with van der Waals surface area (Å²) in [6, 6.07) is 8.22. The van der Waals surface area contributed by atoms with Gasteiger partial charge in [0.2, 0.25) is 5.91 Å². The van der Waals surface area contributed by atoms with Gasteiger partial charge in [-0.05, 0) is 24.6 Å². The molecule has 1 aliphatic heterocycles. The van der Waals surface area contributed by atoms with Gasteiger partial charge in [-0.2, -0.15) is 0 Å². The highest BCUT2D eigenvalue weighted by Gasteiger charge is 2.28. The minimum absolute atomic E-state index is 0.0295. The molecule has 0 bridgehead atoms. The maximum Gasteiger partial charge on any atom is 0.324 e. The number of urea groups is 1. The van der Waals surface area contributed by atoms with Crippen molar-refractivity contribution in [1.29, 1.82) is 0 Å². The van der Waals surface area contributed by atoms with Crippen molar-refractivity contribution in [3.8, 4) is 0 Å². The van der Waals surface area contributed by atoms with Crippen LogP contribution in [0.25, 0.3) is 0 Å². The summed E-state index contributed by atoms with van der Waals surface area (Å²) >= 11 is 0. The molecule has 3 rings (SSSR count). The molecule has 25 heavy (non-hydrogen) atoms. The Balaban J connectivity index is 1.64. The smallest absolute Gasteiger partial charge is 0.324 e. The molecule has 1 N–H and O–H groups in total. The third-order valence-electron chi connectivity index (χ3n) is 3.90. The van der Waals surface area contributed by atoms with E-state index in [0.717, 1.165) is 10.5 Å². The Morgan fingerprint density at radius 3 is 2.60 bits per heavy atom. The monoisotopic (exact) mass is 342 g/mol.